The maximum absolute atomic E-state index is 13.3. The van der Waals surface area contributed by atoms with Crippen molar-refractivity contribution in [3.05, 3.63) is 57.3 Å². The number of para-hydroxylation sites is 1. The molecular weight excluding hydrogens is 444 g/mol. The summed E-state index contributed by atoms with van der Waals surface area (Å²) in [4.78, 5) is 15.3. The molecule has 0 saturated heterocycles. The molecule has 25 heavy (non-hydrogen) atoms. The van der Waals surface area contributed by atoms with Crippen molar-refractivity contribution in [3.63, 3.8) is 0 Å². The van der Waals surface area contributed by atoms with E-state index in [9.17, 15) is 4.79 Å². The van der Waals surface area contributed by atoms with E-state index in [1.54, 1.807) is 0 Å². The van der Waals surface area contributed by atoms with Gasteiger partial charge in [0.15, 0.2) is 0 Å². The fourth-order valence-corrected chi connectivity index (χ4v) is 5.17. The molecule has 2 heterocycles. The van der Waals surface area contributed by atoms with Crippen LogP contribution in [-0.4, -0.2) is 28.8 Å². The van der Waals surface area contributed by atoms with Gasteiger partial charge in [-0.3, -0.25) is 9.89 Å². The van der Waals surface area contributed by atoms with Gasteiger partial charge >= 0.3 is 0 Å². The molecular formula is C19H17IN3OP. The molecule has 1 N–H and O–H groups in total. The highest BCUT2D eigenvalue weighted by atomic mass is 127. The normalized spacial score (nSPS) is 24.3. The molecule has 126 valence electrons. The molecule has 1 unspecified atom stereocenters. The molecule has 3 aromatic rings. The largest absolute Gasteiger partial charge is 0.311 e. The van der Waals surface area contributed by atoms with Crippen molar-refractivity contribution in [1.82, 2.24) is 10.2 Å². The van der Waals surface area contributed by atoms with Crippen LogP contribution >= 0.6 is 31.8 Å². The van der Waals surface area contributed by atoms with Gasteiger partial charge in [0.2, 0.25) is 5.91 Å². The van der Waals surface area contributed by atoms with E-state index in [1.807, 2.05) is 17.0 Å². The minimum absolute atomic E-state index is 0.251. The van der Waals surface area contributed by atoms with E-state index < -0.39 is 0 Å². The van der Waals surface area contributed by atoms with Crippen LogP contribution in [0.1, 0.15) is 23.5 Å². The van der Waals surface area contributed by atoms with Gasteiger partial charge < -0.3 is 4.90 Å². The maximum atomic E-state index is 13.3. The first-order valence-corrected chi connectivity index (χ1v) is 10.3. The van der Waals surface area contributed by atoms with E-state index in [2.05, 4.69) is 72.4 Å². The zero-order valence-electron chi connectivity index (χ0n) is 13.5. The fraction of sp³-hybridized carbons (Fsp3) is 0.263. The van der Waals surface area contributed by atoms with E-state index >= 15 is 0 Å². The maximum Gasteiger partial charge on any atom is 0.238 e. The average Bonchev–Trinajstić information content (AvgIpc) is 3.23. The van der Waals surface area contributed by atoms with Gasteiger partial charge in [0.1, 0.15) is 3.70 Å². The second-order valence-corrected chi connectivity index (χ2v) is 8.41. The van der Waals surface area contributed by atoms with Gasteiger partial charge in [-0.25, -0.2) is 0 Å². The van der Waals surface area contributed by atoms with Crippen LogP contribution in [0.25, 0.3) is 10.9 Å². The molecule has 1 saturated carbocycles. The number of aromatic amines is 1. The molecule has 0 radical (unpaired) electrons. The second-order valence-electron chi connectivity index (χ2n) is 6.81. The van der Waals surface area contributed by atoms with Gasteiger partial charge in [-0.05, 0) is 64.5 Å². The third-order valence-corrected chi connectivity index (χ3v) is 6.64. The van der Waals surface area contributed by atoms with Crippen molar-refractivity contribution in [2.45, 2.75) is 17.8 Å². The van der Waals surface area contributed by atoms with Crippen LogP contribution in [0, 0.1) is 3.70 Å². The Labute approximate surface area is 161 Å². The number of H-pyrrole nitrogens is 1. The van der Waals surface area contributed by atoms with Crippen molar-refractivity contribution in [2.24, 2.45) is 0 Å². The van der Waals surface area contributed by atoms with E-state index in [1.165, 1.54) is 11.1 Å². The Morgan fingerprint density at radius 2 is 2.16 bits per heavy atom. The number of hydrogen-bond donors (Lipinski definition) is 1. The summed E-state index contributed by atoms with van der Waals surface area (Å²) in [6.45, 7) is 0.757. The topological polar surface area (TPSA) is 49.0 Å². The molecule has 6 heteroatoms. The van der Waals surface area contributed by atoms with Gasteiger partial charge in [0, 0.05) is 23.5 Å². The first-order valence-electron chi connectivity index (χ1n) is 8.42. The Morgan fingerprint density at radius 3 is 3.00 bits per heavy atom. The van der Waals surface area contributed by atoms with E-state index in [0.29, 0.717) is 0 Å². The summed E-state index contributed by atoms with van der Waals surface area (Å²) >= 11 is 2.24. The smallest absolute Gasteiger partial charge is 0.238 e. The lowest BCUT2D eigenvalue weighted by atomic mass is 9.92. The zero-order chi connectivity index (χ0) is 17.2. The fourth-order valence-electron chi connectivity index (χ4n) is 4.32. The summed E-state index contributed by atoms with van der Waals surface area (Å²) in [6.07, 6.45) is 1.78. The van der Waals surface area contributed by atoms with Crippen molar-refractivity contribution < 1.29 is 4.79 Å². The molecule has 5 rings (SSSR count). The molecule has 1 amide bonds. The third-order valence-electron chi connectivity index (χ3n) is 5.56. The highest BCUT2D eigenvalue weighted by Crippen LogP contribution is 2.66. The number of rotatable bonds is 3. The third kappa shape index (κ3) is 2.08. The Hall–Kier alpha value is -1.46. The van der Waals surface area contributed by atoms with Crippen LogP contribution < -0.4 is 4.90 Å². The van der Waals surface area contributed by atoms with Gasteiger partial charge in [-0.2, -0.15) is 5.10 Å². The summed E-state index contributed by atoms with van der Waals surface area (Å²) in [6, 6.07) is 14.7. The Morgan fingerprint density at radius 1 is 1.32 bits per heavy atom. The zero-order valence-corrected chi connectivity index (χ0v) is 16.8. The van der Waals surface area contributed by atoms with Crippen LogP contribution in [0.3, 0.4) is 0 Å². The predicted molar refractivity (Wildman–Crippen MR) is 111 cm³/mol. The number of fused-ring (bicyclic) bond motifs is 3. The summed E-state index contributed by atoms with van der Waals surface area (Å²) in [5.41, 5.74) is 4.20. The number of amides is 1. The second kappa shape index (κ2) is 5.52. The molecule has 1 aliphatic heterocycles. The van der Waals surface area contributed by atoms with Crippen LogP contribution in [0.2, 0.25) is 0 Å². The first kappa shape index (κ1) is 15.8. The molecule has 2 aromatic carbocycles. The number of hydrogen-bond acceptors (Lipinski definition) is 2. The highest BCUT2D eigenvalue weighted by Gasteiger charge is 2.66. The van der Waals surface area contributed by atoms with E-state index in [-0.39, 0.29) is 17.2 Å². The standard InChI is InChI=1S/C19H17IN3OP/c20-17-12-6-5-11(9-15(12)21-22-17)14-10-19(14)13-3-1-2-4-16(13)23(7-8-25)18(19)24/h1-6,9,14H,7-8,10,25H2,(H,21,22)/t14-,19-/m0/s1. The minimum atomic E-state index is -0.364. The Balaban J connectivity index is 1.59. The molecule has 1 spiro atoms. The molecule has 3 atom stereocenters. The molecule has 0 bridgehead atoms. The molecule has 1 aromatic heterocycles. The van der Waals surface area contributed by atoms with Crippen LogP contribution in [0.4, 0.5) is 5.69 Å². The number of nitrogens with zero attached hydrogens (tertiary/aromatic N) is 2. The summed E-state index contributed by atoms with van der Waals surface area (Å²) in [7, 11) is 2.73. The lowest BCUT2D eigenvalue weighted by Gasteiger charge is -2.17. The van der Waals surface area contributed by atoms with Gasteiger partial charge in [0.25, 0.3) is 0 Å². The lowest BCUT2D eigenvalue weighted by Crippen LogP contribution is -2.34. The number of anilines is 1. The summed E-state index contributed by atoms with van der Waals surface area (Å²) < 4.78 is 0.985. The van der Waals surface area contributed by atoms with Crippen LogP contribution in [0.5, 0.6) is 0 Å². The number of nitrogens with one attached hydrogen (secondary N) is 1. The van der Waals surface area contributed by atoms with Crippen LogP contribution in [0.15, 0.2) is 42.5 Å². The van der Waals surface area contributed by atoms with Crippen molar-refractivity contribution >= 4 is 54.3 Å². The van der Waals surface area contributed by atoms with Gasteiger partial charge in [0.05, 0.1) is 10.9 Å². The number of halogens is 1. The van der Waals surface area contributed by atoms with Crippen molar-refractivity contribution in [2.75, 3.05) is 17.6 Å². The molecule has 4 nitrogen and oxygen atoms in total. The number of benzene rings is 2. The quantitative estimate of drug-likeness (QED) is 0.477. The highest BCUT2D eigenvalue weighted by molar-refractivity contribution is 14.1. The molecule has 1 aliphatic carbocycles. The van der Waals surface area contributed by atoms with Gasteiger partial charge in [-0.15, -0.1) is 9.24 Å². The predicted octanol–water partition coefficient (Wildman–Crippen LogP) is 3.81. The summed E-state index contributed by atoms with van der Waals surface area (Å²) in [5.74, 6) is 0.515. The van der Waals surface area contributed by atoms with Gasteiger partial charge in [-0.1, -0.05) is 24.3 Å². The molecule has 1 fully saturated rings. The molecule has 2 aliphatic rings. The van der Waals surface area contributed by atoms with Crippen molar-refractivity contribution in [1.29, 1.82) is 0 Å². The lowest BCUT2D eigenvalue weighted by molar-refractivity contribution is -0.120. The number of aromatic nitrogens is 2. The minimum Gasteiger partial charge on any atom is -0.311 e. The SMILES string of the molecule is O=C1N(CCP)c2ccccc2[C@]12C[C@H]2c1ccc2c(I)n[nH]c2c1. The summed E-state index contributed by atoms with van der Waals surface area (Å²) in [5, 5.41) is 8.51. The van der Waals surface area contributed by atoms with Crippen LogP contribution in [-0.2, 0) is 10.2 Å². The van der Waals surface area contributed by atoms with E-state index in [0.717, 1.165) is 39.4 Å². The average molecular weight is 461 g/mol. The first-order chi connectivity index (χ1) is 12.2. The number of carbonyl (C=O) groups is 1. The number of carbonyl (C=O) groups excluding carboxylic acids is 1. The van der Waals surface area contributed by atoms with E-state index in [4.69, 9.17) is 0 Å². The Bertz CT molecular complexity index is 1020. The Kier molecular flexibility index (Phi) is 3.48. The monoisotopic (exact) mass is 461 g/mol. The van der Waals surface area contributed by atoms with Crippen molar-refractivity contribution in [3.8, 4) is 0 Å².